The molecule has 2 N–H and O–H groups in total. The van der Waals surface area contributed by atoms with E-state index in [1.807, 2.05) is 25.1 Å². The van der Waals surface area contributed by atoms with E-state index in [-0.39, 0.29) is 11.7 Å². The summed E-state index contributed by atoms with van der Waals surface area (Å²) in [5, 5.41) is 3.73. The number of aryl methyl sites for hydroxylation is 1. The van der Waals surface area contributed by atoms with Gasteiger partial charge >= 0.3 is 0 Å². The Hall–Kier alpha value is -2.16. The SMILES string of the molecule is CNS(=O)(=O)Cc1ccc(CNC(=O)c2oc3ccc(Br)cc3c2C)cc1. The third kappa shape index (κ3) is 4.58. The van der Waals surface area contributed by atoms with Gasteiger partial charge in [-0.05, 0) is 43.3 Å². The Bertz CT molecular complexity index is 1090. The molecule has 0 aliphatic carbocycles. The molecule has 27 heavy (non-hydrogen) atoms. The summed E-state index contributed by atoms with van der Waals surface area (Å²) in [7, 11) is -1.92. The number of nitrogens with one attached hydrogen (secondary N) is 2. The number of carbonyl (C=O) groups is 1. The van der Waals surface area contributed by atoms with Gasteiger partial charge in [0.2, 0.25) is 10.0 Å². The van der Waals surface area contributed by atoms with Crippen molar-refractivity contribution in [1.29, 1.82) is 0 Å². The smallest absolute Gasteiger partial charge is 0.287 e. The monoisotopic (exact) mass is 450 g/mol. The van der Waals surface area contributed by atoms with E-state index in [1.54, 1.807) is 24.3 Å². The summed E-state index contributed by atoms with van der Waals surface area (Å²) in [5.74, 6) is -0.0781. The molecule has 1 heterocycles. The maximum absolute atomic E-state index is 12.5. The molecular weight excluding hydrogens is 432 g/mol. The van der Waals surface area contributed by atoms with Crippen LogP contribution in [0.15, 0.2) is 51.4 Å². The zero-order valence-electron chi connectivity index (χ0n) is 14.9. The van der Waals surface area contributed by atoms with Gasteiger partial charge in [0.1, 0.15) is 5.58 Å². The van der Waals surface area contributed by atoms with E-state index in [4.69, 9.17) is 4.42 Å². The second-order valence-corrected chi connectivity index (χ2v) is 9.00. The van der Waals surface area contributed by atoms with E-state index < -0.39 is 10.0 Å². The standard InChI is InChI=1S/C19H19BrN2O4S/c1-12-16-9-15(20)7-8-17(16)26-18(12)19(23)22-10-13-3-5-14(6-4-13)11-27(24,25)21-2/h3-9,21H,10-11H2,1-2H3,(H,22,23). The quantitative estimate of drug-likeness (QED) is 0.601. The molecule has 0 fully saturated rings. The van der Waals surface area contributed by atoms with Gasteiger partial charge in [-0.3, -0.25) is 4.79 Å². The van der Waals surface area contributed by atoms with Crippen LogP contribution in [0, 0.1) is 6.92 Å². The van der Waals surface area contributed by atoms with Crippen LogP contribution in [0.3, 0.4) is 0 Å². The van der Waals surface area contributed by atoms with Crippen molar-refractivity contribution >= 4 is 42.8 Å². The van der Waals surface area contributed by atoms with Gasteiger partial charge < -0.3 is 9.73 Å². The predicted octanol–water partition coefficient (Wildman–Crippen LogP) is 3.48. The number of carbonyl (C=O) groups excluding carboxylic acids is 1. The summed E-state index contributed by atoms with van der Waals surface area (Å²) < 4.78 is 32.0. The molecule has 3 aromatic rings. The molecule has 0 aliphatic heterocycles. The highest BCUT2D eigenvalue weighted by Crippen LogP contribution is 2.28. The maximum atomic E-state index is 12.5. The second-order valence-electron chi connectivity index (χ2n) is 6.16. The molecular formula is C19H19BrN2O4S. The van der Waals surface area contributed by atoms with Gasteiger partial charge in [-0.1, -0.05) is 40.2 Å². The Kier molecular flexibility index (Phi) is 5.69. The molecule has 0 saturated carbocycles. The number of benzene rings is 2. The van der Waals surface area contributed by atoms with E-state index >= 15 is 0 Å². The lowest BCUT2D eigenvalue weighted by Gasteiger charge is -2.06. The van der Waals surface area contributed by atoms with Crippen LogP contribution in [0.1, 0.15) is 27.2 Å². The van der Waals surface area contributed by atoms with Crippen LogP contribution in [0.25, 0.3) is 11.0 Å². The van der Waals surface area contributed by atoms with Crippen molar-refractivity contribution in [1.82, 2.24) is 10.0 Å². The van der Waals surface area contributed by atoms with Gasteiger partial charge in [0.05, 0.1) is 5.75 Å². The summed E-state index contributed by atoms with van der Waals surface area (Å²) in [6.07, 6.45) is 0. The number of hydrogen-bond acceptors (Lipinski definition) is 4. The molecule has 1 aromatic heterocycles. The maximum Gasteiger partial charge on any atom is 0.287 e. The molecule has 6 nitrogen and oxygen atoms in total. The van der Waals surface area contributed by atoms with Crippen molar-refractivity contribution in [2.75, 3.05) is 7.05 Å². The Balaban J connectivity index is 1.68. The summed E-state index contributed by atoms with van der Waals surface area (Å²) in [5.41, 5.74) is 3.00. The molecule has 0 aliphatic rings. The third-order valence-electron chi connectivity index (χ3n) is 4.25. The van der Waals surface area contributed by atoms with Crippen LogP contribution >= 0.6 is 15.9 Å². The molecule has 1 amide bonds. The van der Waals surface area contributed by atoms with Gasteiger partial charge in [-0.2, -0.15) is 0 Å². The topological polar surface area (TPSA) is 88.4 Å². The zero-order chi connectivity index (χ0) is 19.6. The third-order valence-corrected chi connectivity index (χ3v) is 6.08. The Labute approximate surface area is 166 Å². The molecule has 0 spiro atoms. The van der Waals surface area contributed by atoms with Crippen molar-refractivity contribution in [3.8, 4) is 0 Å². The summed E-state index contributed by atoms with van der Waals surface area (Å²) >= 11 is 3.42. The average molecular weight is 451 g/mol. The lowest BCUT2D eigenvalue weighted by atomic mass is 10.1. The zero-order valence-corrected chi connectivity index (χ0v) is 17.3. The van der Waals surface area contributed by atoms with Crippen LogP contribution in [0.5, 0.6) is 0 Å². The van der Waals surface area contributed by atoms with Crippen LogP contribution in [-0.4, -0.2) is 21.4 Å². The van der Waals surface area contributed by atoms with Gasteiger partial charge in [0, 0.05) is 22.0 Å². The highest BCUT2D eigenvalue weighted by Gasteiger charge is 2.17. The molecule has 2 aromatic carbocycles. The molecule has 0 radical (unpaired) electrons. The van der Waals surface area contributed by atoms with E-state index in [9.17, 15) is 13.2 Å². The van der Waals surface area contributed by atoms with E-state index in [2.05, 4.69) is 26.0 Å². The minimum Gasteiger partial charge on any atom is -0.451 e. The van der Waals surface area contributed by atoms with Crippen molar-refractivity contribution in [2.45, 2.75) is 19.2 Å². The molecule has 0 bridgehead atoms. The average Bonchev–Trinajstić information content (AvgIpc) is 2.97. The van der Waals surface area contributed by atoms with Gasteiger partial charge in [0.15, 0.2) is 5.76 Å². The molecule has 0 atom stereocenters. The predicted molar refractivity (Wildman–Crippen MR) is 108 cm³/mol. The van der Waals surface area contributed by atoms with Crippen molar-refractivity contribution in [2.24, 2.45) is 0 Å². The van der Waals surface area contributed by atoms with E-state index in [0.717, 1.165) is 21.0 Å². The summed E-state index contributed by atoms with van der Waals surface area (Å²) in [4.78, 5) is 12.5. The molecule has 0 unspecified atom stereocenters. The van der Waals surface area contributed by atoms with Gasteiger partial charge in [0.25, 0.3) is 5.91 Å². The summed E-state index contributed by atoms with van der Waals surface area (Å²) in [6, 6.07) is 12.7. The van der Waals surface area contributed by atoms with Crippen LogP contribution < -0.4 is 10.0 Å². The minimum atomic E-state index is -3.30. The molecule has 142 valence electrons. The fraction of sp³-hybridized carbons (Fsp3) is 0.211. The fourth-order valence-corrected chi connectivity index (χ4v) is 3.85. The Morgan fingerprint density at radius 3 is 2.44 bits per heavy atom. The van der Waals surface area contributed by atoms with Crippen LogP contribution in [-0.2, 0) is 22.3 Å². The number of rotatable bonds is 6. The largest absolute Gasteiger partial charge is 0.451 e. The highest BCUT2D eigenvalue weighted by molar-refractivity contribution is 9.10. The van der Waals surface area contributed by atoms with Gasteiger partial charge in [-0.15, -0.1) is 0 Å². The first-order valence-electron chi connectivity index (χ1n) is 8.25. The number of sulfonamides is 1. The van der Waals surface area contributed by atoms with Gasteiger partial charge in [-0.25, -0.2) is 13.1 Å². The van der Waals surface area contributed by atoms with Crippen molar-refractivity contribution in [3.05, 3.63) is 69.4 Å². The minimum absolute atomic E-state index is 0.0795. The second kappa shape index (κ2) is 7.84. The molecule has 0 saturated heterocycles. The van der Waals surface area contributed by atoms with Crippen molar-refractivity contribution in [3.63, 3.8) is 0 Å². The lowest BCUT2D eigenvalue weighted by Crippen LogP contribution is -2.23. The first-order valence-corrected chi connectivity index (χ1v) is 10.7. The van der Waals surface area contributed by atoms with Crippen molar-refractivity contribution < 1.29 is 17.6 Å². The number of hydrogen-bond donors (Lipinski definition) is 2. The number of amides is 1. The summed E-state index contributed by atoms with van der Waals surface area (Å²) in [6.45, 7) is 2.17. The first-order chi connectivity index (χ1) is 12.8. The van der Waals surface area contributed by atoms with Crippen LogP contribution in [0.2, 0.25) is 0 Å². The van der Waals surface area contributed by atoms with E-state index in [1.165, 1.54) is 7.05 Å². The molecule has 8 heteroatoms. The first kappa shape index (κ1) is 19.6. The lowest BCUT2D eigenvalue weighted by molar-refractivity contribution is 0.0924. The molecule has 3 rings (SSSR count). The highest BCUT2D eigenvalue weighted by atomic mass is 79.9. The fourth-order valence-electron chi connectivity index (χ4n) is 2.72. The number of furan rings is 1. The normalized spacial score (nSPS) is 11.7. The number of halogens is 1. The Morgan fingerprint density at radius 1 is 1.11 bits per heavy atom. The Morgan fingerprint density at radius 2 is 1.78 bits per heavy atom. The van der Waals surface area contributed by atoms with Crippen LogP contribution in [0.4, 0.5) is 0 Å². The number of fused-ring (bicyclic) bond motifs is 1. The van der Waals surface area contributed by atoms with E-state index in [0.29, 0.717) is 23.5 Å².